The number of carboxylic acid groups (broad SMARTS) is 1. The molecule has 0 aliphatic carbocycles. The van der Waals surface area contributed by atoms with Crippen LogP contribution in [0.2, 0.25) is 0 Å². The maximum absolute atomic E-state index is 12.7. The molecule has 0 saturated heterocycles. The Morgan fingerprint density at radius 3 is 2.54 bits per heavy atom. The molecule has 0 saturated carbocycles. The Balaban J connectivity index is 2.14. The van der Waals surface area contributed by atoms with Crippen molar-refractivity contribution >= 4 is 16.0 Å². The molecule has 8 nitrogen and oxygen atoms in total. The molecule has 0 aliphatic heterocycles. The number of hydrogen-bond acceptors (Lipinski definition) is 6. The van der Waals surface area contributed by atoms with E-state index in [-0.39, 0.29) is 42.5 Å². The molecule has 9 heteroatoms. The first kappa shape index (κ1) is 18.1. The van der Waals surface area contributed by atoms with Crippen LogP contribution in [0.25, 0.3) is 0 Å². The van der Waals surface area contributed by atoms with E-state index < -0.39 is 16.0 Å². The topological polar surface area (TPSA) is 114 Å². The summed E-state index contributed by atoms with van der Waals surface area (Å²) in [5, 5.41) is 12.4. The van der Waals surface area contributed by atoms with Gasteiger partial charge in [0.25, 0.3) is 0 Å². The molecule has 2 aromatic rings. The molecule has 1 N–H and O–H groups in total. The van der Waals surface area contributed by atoms with Crippen molar-refractivity contribution in [3.05, 3.63) is 41.5 Å². The highest BCUT2D eigenvalue weighted by Gasteiger charge is 2.25. The standard InChI is InChI=1S/C15H19N3O5S/c1-3-18(24(21,22)12-6-4-11(2)5-7-12)10-13-16-14(23-17-13)8-9-15(19)20/h4-7H,3,8-10H2,1-2H3,(H,19,20). The number of aliphatic carboxylic acids is 1. The maximum atomic E-state index is 12.7. The van der Waals surface area contributed by atoms with E-state index in [1.807, 2.05) is 6.92 Å². The largest absolute Gasteiger partial charge is 0.481 e. The number of carbonyl (C=O) groups is 1. The fourth-order valence-corrected chi connectivity index (χ4v) is 3.46. The second kappa shape index (κ2) is 7.54. The van der Waals surface area contributed by atoms with E-state index in [0.29, 0.717) is 0 Å². The summed E-state index contributed by atoms with van der Waals surface area (Å²) in [6.07, 6.45) is -0.0139. The molecule has 1 heterocycles. The fourth-order valence-electron chi connectivity index (χ4n) is 2.05. The molecule has 0 spiro atoms. The van der Waals surface area contributed by atoms with Crippen LogP contribution in [0.3, 0.4) is 0 Å². The minimum Gasteiger partial charge on any atom is -0.481 e. The summed E-state index contributed by atoms with van der Waals surface area (Å²) >= 11 is 0. The van der Waals surface area contributed by atoms with Crippen molar-refractivity contribution in [2.24, 2.45) is 0 Å². The first-order valence-electron chi connectivity index (χ1n) is 7.43. The van der Waals surface area contributed by atoms with Gasteiger partial charge in [0, 0.05) is 13.0 Å². The number of aromatic nitrogens is 2. The smallest absolute Gasteiger partial charge is 0.303 e. The minimum absolute atomic E-state index is 0.0384. The summed E-state index contributed by atoms with van der Waals surface area (Å²) in [7, 11) is -3.67. The zero-order valence-electron chi connectivity index (χ0n) is 13.5. The molecule has 2 rings (SSSR count). The van der Waals surface area contributed by atoms with E-state index >= 15 is 0 Å². The fraction of sp³-hybridized carbons (Fsp3) is 0.400. The van der Waals surface area contributed by atoms with Crippen LogP contribution >= 0.6 is 0 Å². The van der Waals surface area contributed by atoms with Gasteiger partial charge in [0.15, 0.2) is 5.82 Å². The normalized spacial score (nSPS) is 11.8. The van der Waals surface area contributed by atoms with E-state index in [2.05, 4.69) is 10.1 Å². The lowest BCUT2D eigenvalue weighted by Gasteiger charge is -2.18. The van der Waals surface area contributed by atoms with Crippen molar-refractivity contribution in [3.63, 3.8) is 0 Å². The molecule has 0 fully saturated rings. The second-order valence-electron chi connectivity index (χ2n) is 5.24. The highest BCUT2D eigenvalue weighted by molar-refractivity contribution is 7.89. The van der Waals surface area contributed by atoms with E-state index in [1.165, 1.54) is 4.31 Å². The van der Waals surface area contributed by atoms with Crippen LogP contribution in [-0.4, -0.2) is 40.5 Å². The zero-order valence-corrected chi connectivity index (χ0v) is 14.3. The monoisotopic (exact) mass is 353 g/mol. The number of carboxylic acids is 1. The SMILES string of the molecule is CCN(Cc1noc(CCC(=O)O)n1)S(=O)(=O)c1ccc(C)cc1. The van der Waals surface area contributed by atoms with E-state index in [4.69, 9.17) is 9.63 Å². The Bertz CT molecular complexity index is 799. The molecule has 0 amide bonds. The Kier molecular flexibility index (Phi) is 5.68. The summed E-state index contributed by atoms with van der Waals surface area (Å²) in [5.74, 6) is -0.587. The highest BCUT2D eigenvalue weighted by atomic mass is 32.2. The van der Waals surface area contributed by atoms with Gasteiger partial charge in [-0.25, -0.2) is 8.42 Å². The third kappa shape index (κ3) is 4.39. The molecule has 1 aromatic heterocycles. The van der Waals surface area contributed by atoms with Gasteiger partial charge in [-0.15, -0.1) is 0 Å². The van der Waals surface area contributed by atoms with Crippen LogP contribution in [0.4, 0.5) is 0 Å². The zero-order chi connectivity index (χ0) is 17.7. The summed E-state index contributed by atoms with van der Waals surface area (Å²) < 4.78 is 31.5. The van der Waals surface area contributed by atoms with E-state index in [0.717, 1.165) is 5.56 Å². The van der Waals surface area contributed by atoms with Crippen LogP contribution in [0, 0.1) is 6.92 Å². The molecular weight excluding hydrogens is 334 g/mol. The van der Waals surface area contributed by atoms with Gasteiger partial charge in [0.2, 0.25) is 15.9 Å². The van der Waals surface area contributed by atoms with Crippen molar-refractivity contribution < 1.29 is 22.8 Å². The van der Waals surface area contributed by atoms with Crippen molar-refractivity contribution in [1.82, 2.24) is 14.4 Å². The average molecular weight is 353 g/mol. The van der Waals surface area contributed by atoms with Gasteiger partial charge in [0.1, 0.15) is 0 Å². The molecule has 0 unspecified atom stereocenters. The summed E-state index contributed by atoms with van der Waals surface area (Å²) in [5.41, 5.74) is 0.971. The van der Waals surface area contributed by atoms with Gasteiger partial charge < -0.3 is 9.63 Å². The van der Waals surface area contributed by atoms with Gasteiger partial charge >= 0.3 is 5.97 Å². The average Bonchev–Trinajstić information content (AvgIpc) is 2.98. The lowest BCUT2D eigenvalue weighted by molar-refractivity contribution is -0.137. The van der Waals surface area contributed by atoms with Crippen LogP contribution in [0.5, 0.6) is 0 Å². The van der Waals surface area contributed by atoms with Gasteiger partial charge in [-0.1, -0.05) is 29.8 Å². The molecule has 130 valence electrons. The van der Waals surface area contributed by atoms with E-state index in [1.54, 1.807) is 31.2 Å². The molecule has 0 radical (unpaired) electrons. The Morgan fingerprint density at radius 1 is 1.29 bits per heavy atom. The molecule has 0 bridgehead atoms. The molecule has 1 aromatic carbocycles. The number of hydrogen-bond donors (Lipinski definition) is 1. The van der Waals surface area contributed by atoms with Gasteiger partial charge in [-0.3, -0.25) is 4.79 Å². The number of aryl methyl sites for hydroxylation is 2. The predicted molar refractivity (Wildman–Crippen MR) is 84.7 cm³/mol. The highest BCUT2D eigenvalue weighted by Crippen LogP contribution is 2.18. The molecule has 0 aliphatic rings. The van der Waals surface area contributed by atoms with Crippen molar-refractivity contribution in [2.75, 3.05) is 6.54 Å². The van der Waals surface area contributed by atoms with Gasteiger partial charge in [0.05, 0.1) is 17.9 Å². The van der Waals surface area contributed by atoms with Crippen LogP contribution in [0.1, 0.15) is 30.6 Å². The number of sulfonamides is 1. The van der Waals surface area contributed by atoms with Crippen LogP contribution in [-0.2, 0) is 27.8 Å². The van der Waals surface area contributed by atoms with E-state index in [9.17, 15) is 13.2 Å². The van der Waals surface area contributed by atoms with Crippen LogP contribution in [0.15, 0.2) is 33.7 Å². The van der Waals surface area contributed by atoms with Crippen molar-refractivity contribution in [3.8, 4) is 0 Å². The lowest BCUT2D eigenvalue weighted by Crippen LogP contribution is -2.30. The van der Waals surface area contributed by atoms with Gasteiger partial charge in [-0.05, 0) is 19.1 Å². The lowest BCUT2D eigenvalue weighted by atomic mass is 10.2. The maximum Gasteiger partial charge on any atom is 0.303 e. The third-order valence-electron chi connectivity index (χ3n) is 3.39. The first-order chi connectivity index (χ1) is 11.3. The molecule has 24 heavy (non-hydrogen) atoms. The van der Waals surface area contributed by atoms with Gasteiger partial charge in [-0.2, -0.15) is 9.29 Å². The summed E-state index contributed by atoms with van der Waals surface area (Å²) in [6, 6.07) is 6.59. The Morgan fingerprint density at radius 2 is 1.96 bits per heavy atom. The first-order valence-corrected chi connectivity index (χ1v) is 8.87. The molecule has 0 atom stereocenters. The van der Waals surface area contributed by atoms with Crippen molar-refractivity contribution in [1.29, 1.82) is 0 Å². The summed E-state index contributed by atoms with van der Waals surface area (Å²) in [4.78, 5) is 14.8. The van der Waals surface area contributed by atoms with Crippen molar-refractivity contribution in [2.45, 2.75) is 38.1 Å². The number of benzene rings is 1. The number of rotatable bonds is 8. The number of nitrogens with zero attached hydrogens (tertiary/aromatic N) is 3. The quantitative estimate of drug-likeness (QED) is 0.767. The third-order valence-corrected chi connectivity index (χ3v) is 5.33. The molecular formula is C15H19N3O5S. The Labute approximate surface area is 140 Å². The minimum atomic E-state index is -3.67. The van der Waals surface area contributed by atoms with Crippen LogP contribution < -0.4 is 0 Å². The Hall–Kier alpha value is -2.26. The summed E-state index contributed by atoms with van der Waals surface area (Å²) in [6.45, 7) is 3.81. The predicted octanol–water partition coefficient (Wildman–Crippen LogP) is 1.61. The second-order valence-corrected chi connectivity index (χ2v) is 7.18.